The van der Waals surface area contributed by atoms with E-state index in [9.17, 15) is 9.90 Å². The third-order valence-corrected chi connectivity index (χ3v) is 25.7. The maximum absolute atomic E-state index is 15.1. The molecule has 0 radical (unpaired) electrons. The molecule has 1 N–H and O–H groups in total. The summed E-state index contributed by atoms with van der Waals surface area (Å²) in [6.45, 7) is 26.7. The van der Waals surface area contributed by atoms with Crippen molar-refractivity contribution >= 4 is 32.0 Å². The summed E-state index contributed by atoms with van der Waals surface area (Å²) in [5.74, 6) is -0.548. The molecule has 0 aromatic heterocycles. The van der Waals surface area contributed by atoms with Crippen LogP contribution in [0.3, 0.4) is 0 Å². The molecule has 19 heteroatoms. The Balaban J connectivity index is 1.22. The van der Waals surface area contributed by atoms with E-state index in [2.05, 4.69) is 41.5 Å². The van der Waals surface area contributed by atoms with Gasteiger partial charge in [0.2, 0.25) is 0 Å². The van der Waals surface area contributed by atoms with Crippen LogP contribution >= 0.6 is 11.8 Å². The number of carbonyl (C=O) groups is 2. The van der Waals surface area contributed by atoms with Crippen molar-refractivity contribution in [2.75, 3.05) is 25.6 Å². The first-order valence-corrected chi connectivity index (χ1v) is 38.7. The summed E-state index contributed by atoms with van der Waals surface area (Å²) in [5.41, 5.74) is 2.95. The van der Waals surface area contributed by atoms with Gasteiger partial charge in [-0.3, -0.25) is 9.59 Å². The molecule has 6 aromatic rings. The molecule has 3 heterocycles. The van der Waals surface area contributed by atoms with Crippen LogP contribution in [0.1, 0.15) is 123 Å². The van der Waals surface area contributed by atoms with Crippen molar-refractivity contribution in [2.24, 2.45) is 10.8 Å². The molecule has 0 unspecified atom stereocenters. The number of benzene rings is 6. The van der Waals surface area contributed by atoms with E-state index in [1.54, 1.807) is 41.5 Å². The molecular weight excluding hydrogens is 1310 g/mol. The smallest absolute Gasteiger partial charge is 0.311 e. The van der Waals surface area contributed by atoms with E-state index in [1.165, 1.54) is 11.8 Å². The lowest BCUT2D eigenvalue weighted by Crippen LogP contribution is -2.68. The molecule has 0 bridgehead atoms. The fourth-order valence-electron chi connectivity index (χ4n) is 13.4. The van der Waals surface area contributed by atoms with Gasteiger partial charge < -0.3 is 71.1 Å². The molecule has 544 valence electrons. The van der Waals surface area contributed by atoms with Gasteiger partial charge in [-0.2, -0.15) is 0 Å². The molecule has 6 aromatic carbocycles. The fraction of sp³-hybridized carbons (Fsp3) is 0.531. The zero-order chi connectivity index (χ0) is 71.4. The molecule has 0 aliphatic carbocycles. The molecular formula is C81H108O17SSi. The van der Waals surface area contributed by atoms with Crippen molar-refractivity contribution in [1.29, 1.82) is 0 Å². The molecule has 17 nitrogen and oxygen atoms in total. The first-order chi connectivity index (χ1) is 48.0. The van der Waals surface area contributed by atoms with Crippen LogP contribution in [0.5, 0.6) is 0 Å². The summed E-state index contributed by atoms with van der Waals surface area (Å²) in [4.78, 5) is 30.0. The molecule has 0 amide bonds. The van der Waals surface area contributed by atoms with Gasteiger partial charge in [-0.05, 0) is 97.3 Å². The van der Waals surface area contributed by atoms with E-state index in [4.69, 9.17) is 66.0 Å². The molecule has 0 spiro atoms. The zero-order valence-corrected chi connectivity index (χ0v) is 62.5. The lowest BCUT2D eigenvalue weighted by Gasteiger charge is -2.52. The van der Waals surface area contributed by atoms with Gasteiger partial charge in [0.25, 0.3) is 0 Å². The number of carbonyl (C=O) groups excluding carboxylic acids is 2. The van der Waals surface area contributed by atoms with Gasteiger partial charge in [-0.15, -0.1) is 11.8 Å². The minimum Gasteiger partial charge on any atom is -0.454 e. The lowest BCUT2D eigenvalue weighted by atomic mass is 9.93. The second-order valence-corrected chi connectivity index (χ2v) is 36.0. The number of aliphatic hydroxyl groups is 1. The third kappa shape index (κ3) is 21.5. The zero-order valence-electron chi connectivity index (χ0n) is 60.7. The molecule has 0 saturated carbocycles. The Hall–Kier alpha value is -5.69. The van der Waals surface area contributed by atoms with Gasteiger partial charge >= 0.3 is 11.9 Å². The van der Waals surface area contributed by atoms with Crippen molar-refractivity contribution < 1.29 is 80.7 Å². The first-order valence-electron chi connectivity index (χ1n) is 35.5. The van der Waals surface area contributed by atoms with Crippen LogP contribution in [0.15, 0.2) is 182 Å². The molecule has 100 heavy (non-hydrogen) atoms. The van der Waals surface area contributed by atoms with Crippen LogP contribution in [0.4, 0.5) is 0 Å². The van der Waals surface area contributed by atoms with Crippen molar-refractivity contribution in [3.8, 4) is 0 Å². The highest BCUT2D eigenvalue weighted by molar-refractivity contribution is 7.99. The van der Waals surface area contributed by atoms with Crippen molar-refractivity contribution in [3.63, 3.8) is 0 Å². The fourth-order valence-corrected chi connectivity index (χ4v) is 19.7. The average molecular weight is 1410 g/mol. The minimum atomic E-state index is -2.66. The van der Waals surface area contributed by atoms with Crippen molar-refractivity contribution in [1.82, 2.24) is 0 Å². The van der Waals surface area contributed by atoms with Crippen molar-refractivity contribution in [3.05, 3.63) is 215 Å². The third-order valence-electron chi connectivity index (χ3n) is 18.6. The highest BCUT2D eigenvalue weighted by Gasteiger charge is 2.59. The van der Waals surface area contributed by atoms with Crippen LogP contribution in [0, 0.1) is 10.8 Å². The molecule has 3 aliphatic heterocycles. The Labute approximate surface area is 598 Å². The SMILES string of the molecule is CCS[C@@H]1O[C@H](COCc2ccccc2)[C@@H](O[C@@H]2O[C@H](COCc3ccccc3)[C@@H](O[C@@H]3O[C@H](CO[Si](C(C)C)(C(C)C)C(C)C)[C@H](OCc4ccccc4)[C@H](OCc4ccccc4)[C@H]3OC(=O)C(C)(C)C)[C@H](OCc3ccccc3)[C@H]2OC(=O)C(C)(C)C)[C@H](OCc2ccccc2)[C@H]1O. The summed E-state index contributed by atoms with van der Waals surface area (Å²) >= 11 is 1.44. The summed E-state index contributed by atoms with van der Waals surface area (Å²) in [6, 6.07) is 58.6. The van der Waals surface area contributed by atoms with Gasteiger partial charge in [-0.1, -0.05) is 230 Å². The predicted molar refractivity (Wildman–Crippen MR) is 388 cm³/mol. The van der Waals surface area contributed by atoms with Crippen LogP contribution in [-0.2, 0) is 115 Å². The first kappa shape index (κ1) is 78.4. The topological polar surface area (TPSA) is 184 Å². The largest absolute Gasteiger partial charge is 0.454 e. The summed E-state index contributed by atoms with van der Waals surface area (Å²) in [7, 11) is -2.66. The van der Waals surface area contributed by atoms with E-state index < -0.39 is 122 Å². The maximum Gasteiger partial charge on any atom is 0.311 e. The Morgan fingerprint density at radius 2 is 0.710 bits per heavy atom. The van der Waals surface area contributed by atoms with E-state index in [-0.39, 0.29) is 76.1 Å². The number of hydrogen-bond acceptors (Lipinski definition) is 18. The number of esters is 2. The molecule has 9 rings (SSSR count). The van der Waals surface area contributed by atoms with E-state index in [0.29, 0.717) is 5.75 Å². The predicted octanol–water partition coefficient (Wildman–Crippen LogP) is 14.9. The Morgan fingerprint density at radius 1 is 0.410 bits per heavy atom. The van der Waals surface area contributed by atoms with E-state index in [1.807, 2.05) is 189 Å². The Kier molecular flexibility index (Phi) is 29.5. The number of rotatable bonds is 34. The minimum absolute atomic E-state index is 0.00202. The van der Waals surface area contributed by atoms with E-state index >= 15 is 4.79 Å². The van der Waals surface area contributed by atoms with Gasteiger partial charge in [0, 0.05) is 0 Å². The average Bonchev–Trinajstić information content (AvgIpc) is 0.764. The van der Waals surface area contributed by atoms with Crippen LogP contribution < -0.4 is 0 Å². The van der Waals surface area contributed by atoms with Gasteiger partial charge in [0.15, 0.2) is 33.1 Å². The molecule has 3 fully saturated rings. The normalized spacial score (nSPS) is 26.0. The second kappa shape index (κ2) is 37.7. The molecule has 3 aliphatic rings. The maximum atomic E-state index is 15.1. The monoisotopic (exact) mass is 1410 g/mol. The standard InChI is InChI=1S/C81H108O17SSi/c1-14-99-77-66(82)70(88-48-60-39-27-18-28-40-60)68(64(94-77)52-86-46-58-35-23-16-24-36-58)95-76-74(98-79(84)81(11,12)13)72(90-50-62-43-31-20-32-44-62)69(63(92-76)51-85-45-57-33-21-15-22-34-57)96-75-73(97-78(83)80(8,9)10)71(89-49-61-41-29-19-30-42-61)67(87-47-59-37-25-17-26-38-59)65(93-75)53-91-100(54(2)3,55(4)5)56(6)7/h15-44,54-56,63-77,82H,14,45-53H2,1-13H3/t63-,64-,65-,66-,67+,68-,69-,70-,71+,72+,73-,74-,75+,76+,77+/m1/s1. The highest BCUT2D eigenvalue weighted by Crippen LogP contribution is 2.45. The lowest BCUT2D eigenvalue weighted by molar-refractivity contribution is -0.381. The quantitative estimate of drug-likeness (QED) is 0.0297. The van der Waals surface area contributed by atoms with E-state index in [0.717, 1.165) is 33.4 Å². The van der Waals surface area contributed by atoms with Gasteiger partial charge in [0.1, 0.15) is 66.5 Å². The highest BCUT2D eigenvalue weighted by atomic mass is 32.2. The Bertz CT molecular complexity index is 3300. The number of thioether (sulfide) groups is 1. The number of hydrogen-bond donors (Lipinski definition) is 1. The number of aliphatic hydroxyl groups excluding tert-OH is 1. The Morgan fingerprint density at radius 3 is 1.05 bits per heavy atom. The molecule has 3 saturated heterocycles. The van der Waals surface area contributed by atoms with Crippen molar-refractivity contribution in [2.45, 2.75) is 238 Å². The van der Waals surface area contributed by atoms with Crippen LogP contribution in [0.25, 0.3) is 0 Å². The number of ether oxygens (including phenoxy) is 13. The van der Waals surface area contributed by atoms with Crippen LogP contribution in [-0.4, -0.2) is 142 Å². The van der Waals surface area contributed by atoms with Gasteiger partial charge in [-0.25, -0.2) is 0 Å². The van der Waals surface area contributed by atoms with Gasteiger partial charge in [0.05, 0.1) is 70.3 Å². The summed E-state index contributed by atoms with van der Waals surface area (Å²) in [6.07, 6.45) is -16.9. The second-order valence-electron chi connectivity index (χ2n) is 29.2. The summed E-state index contributed by atoms with van der Waals surface area (Å²) < 4.78 is 100. The molecule has 15 atom stereocenters. The summed E-state index contributed by atoms with van der Waals surface area (Å²) in [5, 5.41) is 12.6. The van der Waals surface area contributed by atoms with Crippen LogP contribution in [0.2, 0.25) is 16.6 Å².